The number of aliphatic hydroxyl groups is 1. The molecule has 1 aromatic carbocycles. The van der Waals surface area contributed by atoms with Crippen LogP contribution in [0, 0.1) is 0 Å². The van der Waals surface area contributed by atoms with Crippen molar-refractivity contribution in [3.8, 4) is 0 Å². The Kier molecular flexibility index (Phi) is 6.57. The van der Waals surface area contributed by atoms with E-state index in [1.165, 1.54) is 17.1 Å². The van der Waals surface area contributed by atoms with Crippen LogP contribution in [-0.4, -0.2) is 50.1 Å². The van der Waals surface area contributed by atoms with Gasteiger partial charge in [-0.05, 0) is 17.7 Å². The molecule has 0 aliphatic heterocycles. The van der Waals surface area contributed by atoms with Gasteiger partial charge in [0.2, 0.25) is 0 Å². The van der Waals surface area contributed by atoms with Crippen LogP contribution in [0.2, 0.25) is 10.0 Å². The van der Waals surface area contributed by atoms with Crippen molar-refractivity contribution in [3.05, 3.63) is 56.8 Å². The number of carbonyl (C=O) groups excluding carboxylic acids is 2. The van der Waals surface area contributed by atoms with Gasteiger partial charge in [-0.2, -0.15) is 0 Å². The average molecular weight is 441 g/mol. The van der Waals surface area contributed by atoms with Gasteiger partial charge in [0.15, 0.2) is 10.8 Å². The summed E-state index contributed by atoms with van der Waals surface area (Å²) in [5, 5.41) is 22.7. The van der Waals surface area contributed by atoms with Gasteiger partial charge in [-0.25, -0.2) is 9.67 Å². The molecule has 0 unspecified atom stereocenters. The zero-order chi connectivity index (χ0) is 20.1. The molecule has 9 nitrogen and oxygen atoms in total. The molecule has 0 spiro atoms. The topological polar surface area (TPSA) is 122 Å². The summed E-state index contributed by atoms with van der Waals surface area (Å²) in [5.74, 6) is -0.878. The highest BCUT2D eigenvalue weighted by atomic mass is 35.5. The summed E-state index contributed by atoms with van der Waals surface area (Å²) in [4.78, 5) is 28.4. The Morgan fingerprint density at radius 2 is 2.04 bits per heavy atom. The smallest absolute Gasteiger partial charge is 0.279 e. The quantitative estimate of drug-likeness (QED) is 0.516. The van der Waals surface area contributed by atoms with Gasteiger partial charge in [0.25, 0.3) is 11.8 Å². The standard InChI is InChI=1S/C16H14Cl2N6O3S/c17-10-2-1-9(5-11(10)18)7-24-8-12(22-23-24)14(26)21-16-20-6-13(28-16)15(27)19-3-4-25/h1-2,5-6,8,25H,3-4,7H2,(H,19,27)(H,20,21,26). The van der Waals surface area contributed by atoms with E-state index >= 15 is 0 Å². The van der Waals surface area contributed by atoms with Gasteiger partial charge in [0, 0.05) is 6.54 Å². The third kappa shape index (κ3) is 5.04. The van der Waals surface area contributed by atoms with E-state index in [0.717, 1.165) is 16.9 Å². The highest BCUT2D eigenvalue weighted by Crippen LogP contribution is 2.23. The van der Waals surface area contributed by atoms with Crippen molar-refractivity contribution in [2.24, 2.45) is 0 Å². The minimum atomic E-state index is -0.503. The Morgan fingerprint density at radius 3 is 2.79 bits per heavy atom. The van der Waals surface area contributed by atoms with E-state index in [0.29, 0.717) is 21.5 Å². The van der Waals surface area contributed by atoms with Gasteiger partial charge in [-0.3, -0.25) is 14.9 Å². The molecule has 0 saturated heterocycles. The molecule has 2 heterocycles. The number of hydrogen-bond acceptors (Lipinski definition) is 7. The second-order valence-corrected chi connectivity index (χ2v) is 7.36. The molecule has 0 atom stereocenters. The average Bonchev–Trinajstić information content (AvgIpc) is 3.32. The minimum Gasteiger partial charge on any atom is -0.395 e. The van der Waals surface area contributed by atoms with Gasteiger partial charge < -0.3 is 10.4 Å². The second kappa shape index (κ2) is 9.11. The fourth-order valence-corrected chi connectivity index (χ4v) is 3.21. The predicted octanol–water partition coefficient (Wildman–Crippen LogP) is 2.06. The van der Waals surface area contributed by atoms with Crippen LogP contribution < -0.4 is 10.6 Å². The van der Waals surface area contributed by atoms with Crippen LogP contribution in [0.15, 0.2) is 30.6 Å². The van der Waals surface area contributed by atoms with E-state index < -0.39 is 5.91 Å². The Labute approximate surface area is 173 Å². The number of thiazole rings is 1. The Morgan fingerprint density at radius 1 is 1.21 bits per heavy atom. The molecule has 3 N–H and O–H groups in total. The van der Waals surface area contributed by atoms with Crippen LogP contribution in [0.1, 0.15) is 25.7 Å². The van der Waals surface area contributed by atoms with Crippen molar-refractivity contribution in [1.82, 2.24) is 25.3 Å². The molecule has 3 aromatic rings. The van der Waals surface area contributed by atoms with Crippen molar-refractivity contribution in [1.29, 1.82) is 0 Å². The number of anilines is 1. The van der Waals surface area contributed by atoms with E-state index in [-0.39, 0.29) is 29.9 Å². The molecule has 0 aliphatic rings. The molecule has 2 aromatic heterocycles. The van der Waals surface area contributed by atoms with E-state index in [1.54, 1.807) is 18.2 Å². The van der Waals surface area contributed by atoms with Gasteiger partial charge in [-0.1, -0.05) is 45.8 Å². The lowest BCUT2D eigenvalue weighted by Gasteiger charge is -2.02. The molecule has 3 rings (SSSR count). The summed E-state index contributed by atoms with van der Waals surface area (Å²) in [6, 6.07) is 5.19. The monoisotopic (exact) mass is 440 g/mol. The first-order valence-electron chi connectivity index (χ1n) is 7.96. The van der Waals surface area contributed by atoms with Crippen molar-refractivity contribution in [3.63, 3.8) is 0 Å². The Bertz CT molecular complexity index is 1010. The minimum absolute atomic E-state index is 0.0987. The fraction of sp³-hybridized carbons (Fsp3) is 0.188. The molecule has 0 fully saturated rings. The molecule has 0 bridgehead atoms. The second-order valence-electron chi connectivity index (χ2n) is 5.51. The zero-order valence-electron chi connectivity index (χ0n) is 14.2. The van der Waals surface area contributed by atoms with Gasteiger partial charge in [0.1, 0.15) is 4.88 Å². The third-order valence-corrected chi connectivity index (χ3v) is 5.10. The molecule has 0 aliphatic carbocycles. The molecular formula is C16H14Cl2N6O3S. The lowest BCUT2D eigenvalue weighted by molar-refractivity contribution is 0.0947. The maximum atomic E-state index is 12.3. The molecule has 28 heavy (non-hydrogen) atoms. The summed E-state index contributed by atoms with van der Waals surface area (Å²) < 4.78 is 1.49. The highest BCUT2D eigenvalue weighted by molar-refractivity contribution is 7.17. The molecule has 12 heteroatoms. The first kappa shape index (κ1) is 20.2. The maximum absolute atomic E-state index is 12.3. The summed E-state index contributed by atoms with van der Waals surface area (Å²) in [5.41, 5.74) is 0.950. The number of carbonyl (C=O) groups is 2. The van der Waals surface area contributed by atoms with Crippen molar-refractivity contribution in [2.45, 2.75) is 6.54 Å². The van der Waals surface area contributed by atoms with Crippen LogP contribution in [0.3, 0.4) is 0 Å². The molecule has 0 radical (unpaired) electrons. The van der Waals surface area contributed by atoms with Crippen molar-refractivity contribution >= 4 is 51.5 Å². The number of halogens is 2. The van der Waals surface area contributed by atoms with Crippen LogP contribution in [0.25, 0.3) is 0 Å². The SMILES string of the molecule is O=C(Nc1ncc(C(=O)NCCO)s1)c1cn(Cc2ccc(Cl)c(Cl)c2)nn1. The summed E-state index contributed by atoms with van der Waals surface area (Å²) in [7, 11) is 0. The fourth-order valence-electron chi connectivity index (χ4n) is 2.16. The van der Waals surface area contributed by atoms with Crippen LogP contribution in [-0.2, 0) is 6.54 Å². The number of aliphatic hydroxyl groups excluding tert-OH is 1. The molecule has 146 valence electrons. The third-order valence-electron chi connectivity index (χ3n) is 3.45. The summed E-state index contributed by atoms with van der Waals surface area (Å²) in [6.07, 6.45) is 2.83. The maximum Gasteiger partial charge on any atom is 0.279 e. The van der Waals surface area contributed by atoms with E-state index in [2.05, 4.69) is 25.9 Å². The number of rotatable bonds is 7. The van der Waals surface area contributed by atoms with Gasteiger partial charge in [0.05, 0.1) is 35.6 Å². The normalized spacial score (nSPS) is 10.7. The van der Waals surface area contributed by atoms with E-state index in [1.807, 2.05) is 0 Å². The van der Waals surface area contributed by atoms with Crippen LogP contribution in [0.4, 0.5) is 5.13 Å². The van der Waals surface area contributed by atoms with Gasteiger partial charge >= 0.3 is 0 Å². The zero-order valence-corrected chi connectivity index (χ0v) is 16.6. The first-order chi connectivity index (χ1) is 13.5. The summed E-state index contributed by atoms with van der Waals surface area (Å²) >= 11 is 12.9. The Hall–Kier alpha value is -2.53. The van der Waals surface area contributed by atoms with Gasteiger partial charge in [-0.15, -0.1) is 5.10 Å². The van der Waals surface area contributed by atoms with Crippen molar-refractivity contribution < 1.29 is 14.7 Å². The largest absolute Gasteiger partial charge is 0.395 e. The number of nitrogens with zero attached hydrogens (tertiary/aromatic N) is 4. The molecular weight excluding hydrogens is 427 g/mol. The number of hydrogen-bond donors (Lipinski definition) is 3. The van der Waals surface area contributed by atoms with Crippen molar-refractivity contribution in [2.75, 3.05) is 18.5 Å². The summed E-state index contributed by atoms with van der Waals surface area (Å²) in [6.45, 7) is 0.343. The number of nitrogens with one attached hydrogen (secondary N) is 2. The molecule has 0 saturated carbocycles. The highest BCUT2D eigenvalue weighted by Gasteiger charge is 2.15. The van der Waals surface area contributed by atoms with E-state index in [9.17, 15) is 9.59 Å². The van der Waals surface area contributed by atoms with E-state index in [4.69, 9.17) is 28.3 Å². The number of amides is 2. The molecule has 2 amide bonds. The lowest BCUT2D eigenvalue weighted by Crippen LogP contribution is -2.25. The Balaban J connectivity index is 1.62. The number of benzene rings is 1. The van der Waals surface area contributed by atoms with Crippen LogP contribution >= 0.6 is 34.5 Å². The predicted molar refractivity (Wildman–Crippen MR) is 105 cm³/mol. The number of aromatic nitrogens is 4. The lowest BCUT2D eigenvalue weighted by atomic mass is 10.2. The van der Waals surface area contributed by atoms with Crippen LogP contribution in [0.5, 0.6) is 0 Å². The first-order valence-corrected chi connectivity index (χ1v) is 9.54.